The monoisotopic (exact) mass is 489 g/mol. The van der Waals surface area contributed by atoms with Crippen molar-refractivity contribution in [2.45, 2.75) is 46.7 Å². The second kappa shape index (κ2) is 11.9. The fraction of sp³-hybridized carbons (Fsp3) is 0.440. The number of anilines is 1. The van der Waals surface area contributed by atoms with Crippen LogP contribution in [-0.2, 0) is 26.2 Å². The van der Waals surface area contributed by atoms with E-state index in [1.54, 1.807) is 19.2 Å². The van der Waals surface area contributed by atoms with Gasteiger partial charge in [0, 0.05) is 13.1 Å². The Kier molecular flexibility index (Phi) is 9.49. The number of nitrogens with zero attached hydrogens (tertiary/aromatic N) is 2. The first-order valence-electron chi connectivity index (χ1n) is 11.3. The molecule has 0 aliphatic heterocycles. The maximum absolute atomic E-state index is 13.6. The van der Waals surface area contributed by atoms with E-state index in [1.807, 2.05) is 58.0 Å². The maximum atomic E-state index is 13.6. The van der Waals surface area contributed by atoms with Crippen molar-refractivity contribution in [1.82, 2.24) is 10.2 Å². The highest BCUT2D eigenvalue weighted by Crippen LogP contribution is 2.27. The number of ether oxygens (including phenoxy) is 1. The Balaban J connectivity index is 2.48. The average molecular weight is 490 g/mol. The quantitative estimate of drug-likeness (QED) is 0.523. The van der Waals surface area contributed by atoms with E-state index >= 15 is 0 Å². The van der Waals surface area contributed by atoms with Crippen LogP contribution < -0.4 is 14.4 Å². The van der Waals surface area contributed by atoms with Crippen molar-refractivity contribution in [1.29, 1.82) is 0 Å². The fourth-order valence-electron chi connectivity index (χ4n) is 3.91. The summed E-state index contributed by atoms with van der Waals surface area (Å²) in [5.41, 5.74) is 2.77. The molecule has 0 aromatic heterocycles. The Morgan fingerprint density at radius 3 is 2.09 bits per heavy atom. The third kappa shape index (κ3) is 6.72. The van der Waals surface area contributed by atoms with Gasteiger partial charge in [0.25, 0.3) is 0 Å². The molecular weight excluding hydrogens is 454 g/mol. The van der Waals surface area contributed by atoms with Gasteiger partial charge in [-0.15, -0.1) is 0 Å². The van der Waals surface area contributed by atoms with Crippen LogP contribution >= 0.6 is 0 Å². The van der Waals surface area contributed by atoms with Crippen molar-refractivity contribution in [3.8, 4) is 5.75 Å². The van der Waals surface area contributed by atoms with Crippen LogP contribution in [0.3, 0.4) is 0 Å². The molecule has 8 nitrogen and oxygen atoms in total. The summed E-state index contributed by atoms with van der Waals surface area (Å²) in [6.07, 6.45) is 1.47. The molecule has 1 atom stereocenters. The number of aryl methyl sites for hydroxylation is 2. The molecular formula is C25H35N3O5S. The number of methoxy groups -OCH3 is 1. The van der Waals surface area contributed by atoms with Crippen LogP contribution in [0.1, 0.15) is 37.0 Å². The Bertz CT molecular complexity index is 1080. The number of hydrogen-bond donors (Lipinski definition) is 1. The summed E-state index contributed by atoms with van der Waals surface area (Å²) in [4.78, 5) is 27.9. The highest BCUT2D eigenvalue weighted by Gasteiger charge is 2.32. The number of hydrogen-bond acceptors (Lipinski definition) is 5. The van der Waals surface area contributed by atoms with Gasteiger partial charge >= 0.3 is 0 Å². The van der Waals surface area contributed by atoms with Gasteiger partial charge in [-0.3, -0.25) is 13.9 Å². The van der Waals surface area contributed by atoms with E-state index in [4.69, 9.17) is 4.74 Å². The third-order valence-electron chi connectivity index (χ3n) is 5.62. The molecule has 2 aromatic carbocycles. The summed E-state index contributed by atoms with van der Waals surface area (Å²) in [7, 11) is -2.20. The molecule has 0 unspecified atom stereocenters. The SMILES string of the molecule is CCNC(=O)[C@H](CC)N(Cc1ccc(OC)cc1)C(=O)CN(c1c(C)cccc1C)S(C)(=O)=O. The van der Waals surface area contributed by atoms with Gasteiger partial charge in [0.2, 0.25) is 21.8 Å². The summed E-state index contributed by atoms with van der Waals surface area (Å²) in [5.74, 6) is -0.0532. The molecule has 2 rings (SSSR count). The van der Waals surface area contributed by atoms with Crippen molar-refractivity contribution in [3.05, 3.63) is 59.2 Å². The molecule has 0 heterocycles. The zero-order chi connectivity index (χ0) is 25.5. The lowest BCUT2D eigenvalue weighted by atomic mass is 10.1. The van der Waals surface area contributed by atoms with E-state index in [9.17, 15) is 18.0 Å². The molecule has 0 saturated heterocycles. The van der Waals surface area contributed by atoms with Crippen molar-refractivity contribution in [2.75, 3.05) is 30.8 Å². The summed E-state index contributed by atoms with van der Waals surface area (Å²) in [6, 6.07) is 11.9. The minimum Gasteiger partial charge on any atom is -0.497 e. The first-order valence-corrected chi connectivity index (χ1v) is 13.1. The van der Waals surface area contributed by atoms with E-state index in [1.165, 1.54) is 4.90 Å². The number of sulfonamides is 1. The van der Waals surface area contributed by atoms with Crippen LogP contribution in [0.15, 0.2) is 42.5 Å². The van der Waals surface area contributed by atoms with Gasteiger partial charge in [-0.2, -0.15) is 0 Å². The molecule has 0 aliphatic carbocycles. The summed E-state index contributed by atoms with van der Waals surface area (Å²) >= 11 is 0. The number of para-hydroxylation sites is 1. The van der Waals surface area contributed by atoms with Crippen LogP contribution in [0.2, 0.25) is 0 Å². The number of carbonyl (C=O) groups is 2. The molecule has 1 N–H and O–H groups in total. The average Bonchev–Trinajstić information content (AvgIpc) is 2.78. The highest BCUT2D eigenvalue weighted by molar-refractivity contribution is 7.92. The Hall–Kier alpha value is -3.07. The van der Waals surface area contributed by atoms with Crippen molar-refractivity contribution < 1.29 is 22.7 Å². The second-order valence-corrected chi connectivity index (χ2v) is 10.1. The van der Waals surface area contributed by atoms with Gasteiger partial charge < -0.3 is 15.0 Å². The predicted octanol–water partition coefficient (Wildman–Crippen LogP) is 3.02. The van der Waals surface area contributed by atoms with E-state index in [0.29, 0.717) is 24.4 Å². The Morgan fingerprint density at radius 1 is 1.03 bits per heavy atom. The summed E-state index contributed by atoms with van der Waals surface area (Å²) in [5, 5.41) is 2.78. The number of benzene rings is 2. The van der Waals surface area contributed by atoms with Gasteiger partial charge in [-0.25, -0.2) is 8.42 Å². The van der Waals surface area contributed by atoms with E-state index in [-0.39, 0.29) is 12.5 Å². The first kappa shape index (κ1) is 27.2. The number of carbonyl (C=O) groups excluding carboxylic acids is 2. The van der Waals surface area contributed by atoms with Gasteiger partial charge in [-0.05, 0) is 56.0 Å². The molecule has 9 heteroatoms. The van der Waals surface area contributed by atoms with E-state index < -0.39 is 28.5 Å². The molecule has 2 aromatic rings. The van der Waals surface area contributed by atoms with Crippen LogP contribution in [0.25, 0.3) is 0 Å². The zero-order valence-corrected chi connectivity index (χ0v) is 21.6. The minimum absolute atomic E-state index is 0.156. The molecule has 0 radical (unpaired) electrons. The Labute approximate surface area is 202 Å². The van der Waals surface area contributed by atoms with E-state index in [0.717, 1.165) is 27.3 Å². The van der Waals surface area contributed by atoms with Crippen LogP contribution in [0.5, 0.6) is 5.75 Å². The summed E-state index contributed by atoms with van der Waals surface area (Å²) < 4.78 is 31.9. The zero-order valence-electron chi connectivity index (χ0n) is 20.8. The summed E-state index contributed by atoms with van der Waals surface area (Å²) in [6.45, 7) is 7.44. The van der Waals surface area contributed by atoms with Gasteiger partial charge in [0.15, 0.2) is 0 Å². The lowest BCUT2D eigenvalue weighted by Crippen LogP contribution is -2.52. The number of likely N-dealkylation sites (N-methyl/N-ethyl adjacent to an activating group) is 1. The van der Waals surface area contributed by atoms with Crippen LogP contribution in [0, 0.1) is 13.8 Å². The van der Waals surface area contributed by atoms with Crippen molar-refractivity contribution >= 4 is 27.5 Å². The lowest BCUT2D eigenvalue weighted by molar-refractivity contribution is -0.140. The van der Waals surface area contributed by atoms with Gasteiger partial charge in [0.1, 0.15) is 18.3 Å². The second-order valence-electron chi connectivity index (χ2n) is 8.20. The molecule has 0 aliphatic rings. The lowest BCUT2D eigenvalue weighted by Gasteiger charge is -2.33. The fourth-order valence-corrected chi connectivity index (χ4v) is 4.88. The minimum atomic E-state index is -3.77. The predicted molar refractivity (Wildman–Crippen MR) is 134 cm³/mol. The third-order valence-corrected chi connectivity index (χ3v) is 6.73. The highest BCUT2D eigenvalue weighted by atomic mass is 32.2. The topological polar surface area (TPSA) is 96.0 Å². The van der Waals surface area contributed by atoms with Gasteiger partial charge in [0.05, 0.1) is 19.1 Å². The molecule has 2 amide bonds. The largest absolute Gasteiger partial charge is 0.497 e. The molecule has 34 heavy (non-hydrogen) atoms. The normalized spacial score (nSPS) is 12.1. The van der Waals surface area contributed by atoms with E-state index in [2.05, 4.69) is 5.32 Å². The van der Waals surface area contributed by atoms with Crippen LogP contribution in [-0.4, -0.2) is 57.6 Å². The van der Waals surface area contributed by atoms with Crippen molar-refractivity contribution in [3.63, 3.8) is 0 Å². The smallest absolute Gasteiger partial charge is 0.244 e. The maximum Gasteiger partial charge on any atom is 0.244 e. The Morgan fingerprint density at radius 2 is 1.62 bits per heavy atom. The molecule has 0 bridgehead atoms. The number of amides is 2. The molecule has 0 fully saturated rings. The van der Waals surface area contributed by atoms with Gasteiger partial charge in [-0.1, -0.05) is 37.3 Å². The number of rotatable bonds is 11. The number of nitrogens with one attached hydrogen (secondary N) is 1. The molecule has 0 spiro atoms. The molecule has 186 valence electrons. The van der Waals surface area contributed by atoms with Crippen LogP contribution in [0.4, 0.5) is 5.69 Å². The van der Waals surface area contributed by atoms with Crippen molar-refractivity contribution in [2.24, 2.45) is 0 Å². The first-order chi connectivity index (χ1) is 16.0. The standard InChI is InChI=1S/C25H35N3O5S/c1-7-22(25(30)26-8-2)27(16-20-12-14-21(33-5)15-13-20)23(29)17-28(34(6,31)32)24-18(3)10-9-11-19(24)4/h9-15,22H,7-8,16-17H2,1-6H3,(H,26,30)/t22-/m0/s1. The molecule has 0 saturated carbocycles.